The predicted molar refractivity (Wildman–Crippen MR) is 275 cm³/mol. The predicted octanol–water partition coefficient (Wildman–Crippen LogP) is 15.1. The van der Waals surface area contributed by atoms with Crippen LogP contribution in [0.5, 0.6) is 0 Å². The molecule has 0 aromatic heterocycles. The molecule has 0 bridgehead atoms. The number of hydrogen-bond donors (Lipinski definition) is 2. The van der Waals surface area contributed by atoms with Crippen molar-refractivity contribution in [3.63, 3.8) is 0 Å². The van der Waals surface area contributed by atoms with Gasteiger partial charge in [-0.25, -0.2) is 4.79 Å². The van der Waals surface area contributed by atoms with Crippen LogP contribution in [0.4, 0.5) is 13.6 Å². The van der Waals surface area contributed by atoms with Crippen molar-refractivity contribution in [1.82, 2.24) is 5.32 Å². The Morgan fingerprint density at radius 1 is 0.681 bits per heavy atom. The number of alkyl halides is 2. The lowest BCUT2D eigenvalue weighted by Gasteiger charge is -2.44. The maximum atomic E-state index is 15.6. The molecule has 12 heteroatoms. The van der Waals surface area contributed by atoms with Gasteiger partial charge in [0.2, 0.25) is 0 Å². The van der Waals surface area contributed by atoms with E-state index in [1.54, 1.807) is 0 Å². The first-order valence-corrected chi connectivity index (χ1v) is 28.0. The fourth-order valence-electron chi connectivity index (χ4n) is 8.99. The molecule has 2 N–H and O–H groups in total. The Hall–Kier alpha value is -2.64. The third-order valence-electron chi connectivity index (χ3n) is 13.3. The van der Waals surface area contributed by atoms with E-state index in [4.69, 9.17) is 28.4 Å². The van der Waals surface area contributed by atoms with Crippen LogP contribution >= 0.6 is 0 Å². The van der Waals surface area contributed by atoms with E-state index in [0.29, 0.717) is 19.4 Å². The van der Waals surface area contributed by atoms with Crippen LogP contribution in [0.15, 0.2) is 43.0 Å². The van der Waals surface area contributed by atoms with E-state index in [-0.39, 0.29) is 32.3 Å². The largest absolute Gasteiger partial charge is 0.508 e. The Labute approximate surface area is 418 Å². The molecule has 400 valence electrons. The zero-order chi connectivity index (χ0) is 50.1. The van der Waals surface area contributed by atoms with Crippen molar-refractivity contribution in [2.24, 2.45) is 0 Å². The summed E-state index contributed by atoms with van der Waals surface area (Å²) in [5.41, 5.74) is 0.766. The van der Waals surface area contributed by atoms with E-state index in [1.165, 1.54) is 128 Å². The van der Waals surface area contributed by atoms with Crippen LogP contribution < -0.4 is 5.32 Å². The number of benzene rings is 1. The summed E-state index contributed by atoms with van der Waals surface area (Å²) in [6.45, 7) is 10.6. The number of carbonyl (C=O) groups excluding carboxylic acids is 2. The second kappa shape index (κ2) is 41.9. The van der Waals surface area contributed by atoms with Gasteiger partial charge < -0.3 is 38.8 Å². The van der Waals surface area contributed by atoms with Gasteiger partial charge in [0.1, 0.15) is 37.6 Å². The van der Waals surface area contributed by atoms with Crippen molar-refractivity contribution in [2.75, 3.05) is 26.4 Å². The van der Waals surface area contributed by atoms with Crippen molar-refractivity contribution in [2.45, 2.75) is 276 Å². The van der Waals surface area contributed by atoms with Crippen LogP contribution in [0.3, 0.4) is 0 Å². The Morgan fingerprint density at radius 2 is 1.19 bits per heavy atom. The molecule has 0 aliphatic carbocycles. The summed E-state index contributed by atoms with van der Waals surface area (Å²) in [6.07, 6.45) is 28.9. The van der Waals surface area contributed by atoms with Gasteiger partial charge in [-0.3, -0.25) is 4.79 Å². The molecule has 0 unspecified atom stereocenters. The first-order chi connectivity index (χ1) is 33.7. The van der Waals surface area contributed by atoms with Gasteiger partial charge in [0, 0.05) is 19.6 Å². The molecule has 2 rings (SSSR count). The van der Waals surface area contributed by atoms with Crippen LogP contribution in [-0.4, -0.2) is 86.3 Å². The molecule has 1 amide bonds. The molecule has 1 aliphatic rings. The summed E-state index contributed by atoms with van der Waals surface area (Å²) in [6, 6.07) is 7.80. The van der Waals surface area contributed by atoms with Gasteiger partial charge in [-0.05, 0) is 31.2 Å². The fourth-order valence-corrected chi connectivity index (χ4v) is 8.99. The average Bonchev–Trinajstić information content (AvgIpc) is 3.35. The second-order valence-electron chi connectivity index (χ2n) is 19.5. The molecule has 0 spiro atoms. The monoisotopic (exact) mass is 980 g/mol. The molecule has 6 atom stereocenters. The molecule has 10 nitrogen and oxygen atoms in total. The summed E-state index contributed by atoms with van der Waals surface area (Å²) in [4.78, 5) is 26.2. The normalized spacial score (nSPS) is 18.8. The summed E-state index contributed by atoms with van der Waals surface area (Å²) in [5.74, 6) is -5.16. The summed E-state index contributed by atoms with van der Waals surface area (Å²) >= 11 is 0. The van der Waals surface area contributed by atoms with Gasteiger partial charge in [0.05, 0.1) is 12.7 Å². The van der Waals surface area contributed by atoms with Gasteiger partial charge in [-0.15, -0.1) is 6.58 Å². The molecule has 0 saturated carbocycles. The second-order valence-corrected chi connectivity index (χ2v) is 19.5. The summed E-state index contributed by atoms with van der Waals surface area (Å²) < 4.78 is 66.8. The van der Waals surface area contributed by atoms with Crippen molar-refractivity contribution in [3.05, 3.63) is 48.6 Å². The maximum Gasteiger partial charge on any atom is 0.508 e. The maximum absolute atomic E-state index is 15.6. The molecule has 1 aromatic carbocycles. The highest BCUT2D eigenvalue weighted by molar-refractivity contribution is 5.83. The first-order valence-electron chi connectivity index (χ1n) is 28.0. The molecule has 1 aliphatic heterocycles. The Kier molecular flexibility index (Phi) is 38.0. The number of aliphatic hydroxyl groups excluding tert-OH is 1. The minimum absolute atomic E-state index is 0.0204. The van der Waals surface area contributed by atoms with E-state index in [9.17, 15) is 14.7 Å². The number of ether oxygens (including phenoxy) is 6. The van der Waals surface area contributed by atoms with Crippen LogP contribution in [0.1, 0.15) is 232 Å². The molecule has 1 heterocycles. The van der Waals surface area contributed by atoms with Gasteiger partial charge in [0.25, 0.3) is 5.91 Å². The molecular formula is C57H99F2NO9. The molecule has 0 radical (unpaired) electrons. The third kappa shape index (κ3) is 30.8. The lowest BCUT2D eigenvalue weighted by molar-refractivity contribution is -0.276. The molecule has 69 heavy (non-hydrogen) atoms. The Morgan fingerprint density at radius 3 is 1.72 bits per heavy atom. The van der Waals surface area contributed by atoms with E-state index in [2.05, 4.69) is 32.7 Å². The fraction of sp³-hybridized carbons (Fsp3) is 0.825. The van der Waals surface area contributed by atoms with E-state index >= 15 is 8.78 Å². The summed E-state index contributed by atoms with van der Waals surface area (Å²) in [7, 11) is 0. The third-order valence-corrected chi connectivity index (χ3v) is 13.3. The number of unbranched alkanes of at least 4 members (excludes halogenated alkanes) is 26. The lowest BCUT2D eigenvalue weighted by Crippen LogP contribution is -2.67. The minimum Gasteiger partial charge on any atom is -0.431 e. The van der Waals surface area contributed by atoms with Crippen LogP contribution in [-0.2, 0) is 39.8 Å². The zero-order valence-corrected chi connectivity index (χ0v) is 43.8. The number of amides is 1. The molecule has 1 fully saturated rings. The highest BCUT2D eigenvalue weighted by Crippen LogP contribution is 2.29. The number of carbonyl (C=O) groups is 2. The number of hydrogen-bond acceptors (Lipinski definition) is 9. The van der Waals surface area contributed by atoms with Crippen molar-refractivity contribution < 1.29 is 51.9 Å². The highest BCUT2D eigenvalue weighted by Gasteiger charge is 2.50. The van der Waals surface area contributed by atoms with Crippen molar-refractivity contribution in [3.8, 4) is 0 Å². The Balaban J connectivity index is 2.14. The average molecular weight is 980 g/mol. The smallest absolute Gasteiger partial charge is 0.431 e. The Bertz CT molecular complexity index is 1370. The molecular weight excluding hydrogens is 881 g/mol. The number of rotatable bonds is 46. The van der Waals surface area contributed by atoms with Gasteiger partial charge in [-0.1, -0.05) is 231 Å². The standard InChI is InChI=1S/C57H99F2NO9/c1-5-9-12-15-18-21-24-27-30-36-42-57(58,59)55(62)60-51-53(52(61)50(69-54(51)66-43-8-4)47-68-56(63)67-46-48-38-33-32-34-39-48)65-45-41-49(40-35-29-26-23-20-17-14-11-7-3)64-44-37-31-28-25-22-19-16-13-10-6-2/h8,32-34,38-39,49-54,61H,4-7,9-31,35-37,40-47H2,1-3H3,(H,60,62)/t49-,50-,51-,52-,53-,54+/m1/s1. The van der Waals surface area contributed by atoms with Crippen LogP contribution in [0, 0.1) is 0 Å². The van der Waals surface area contributed by atoms with E-state index in [1.807, 2.05) is 30.3 Å². The van der Waals surface area contributed by atoms with Gasteiger partial charge in [-0.2, -0.15) is 8.78 Å². The topological polar surface area (TPSA) is 122 Å². The molecule has 1 saturated heterocycles. The van der Waals surface area contributed by atoms with E-state index < -0.39 is 61.7 Å². The van der Waals surface area contributed by atoms with Crippen molar-refractivity contribution in [1.29, 1.82) is 0 Å². The van der Waals surface area contributed by atoms with Crippen LogP contribution in [0.25, 0.3) is 0 Å². The molecule has 1 aromatic rings. The summed E-state index contributed by atoms with van der Waals surface area (Å²) in [5, 5.41) is 14.3. The number of halogens is 2. The number of aliphatic hydroxyl groups is 1. The van der Waals surface area contributed by atoms with Gasteiger partial charge >= 0.3 is 12.1 Å². The first kappa shape index (κ1) is 62.5. The zero-order valence-electron chi connectivity index (χ0n) is 43.8. The SMILES string of the molecule is C=CCO[C@H]1O[C@H](COC(=O)OCc2ccccc2)[C@@H](O)[C@H](OCC[C@@H](CCCCCCCCCCC)OCCCCCCCCCCCC)[C@H]1NC(=O)C(F)(F)CCCCCCCCCCCC. The quantitative estimate of drug-likeness (QED) is 0.0374. The highest BCUT2D eigenvalue weighted by atomic mass is 19.3. The lowest BCUT2D eigenvalue weighted by atomic mass is 9.95. The number of nitrogens with one attached hydrogen (secondary N) is 1. The van der Waals surface area contributed by atoms with Crippen LogP contribution in [0.2, 0.25) is 0 Å². The minimum atomic E-state index is -3.68. The van der Waals surface area contributed by atoms with Gasteiger partial charge in [0.15, 0.2) is 6.29 Å². The van der Waals surface area contributed by atoms with Crippen molar-refractivity contribution >= 4 is 12.1 Å². The van der Waals surface area contributed by atoms with E-state index in [0.717, 1.165) is 63.4 Å².